The van der Waals surface area contributed by atoms with Crippen molar-refractivity contribution in [2.75, 3.05) is 20.2 Å². The van der Waals surface area contributed by atoms with E-state index in [1.165, 1.54) is 7.05 Å². The first-order chi connectivity index (χ1) is 6.25. The standard InChI is InChI=1S/C7H16N2O4S/c1-6(2)7(10)13-5-4-9(3)14(8,11)12/h6H,4-5H2,1-3H3,(H2,8,11,12). The number of likely N-dealkylation sites (N-methyl/N-ethyl adjacent to an activating group) is 1. The summed E-state index contributed by atoms with van der Waals surface area (Å²) in [6.07, 6.45) is 0. The predicted molar refractivity (Wildman–Crippen MR) is 51.5 cm³/mol. The number of ether oxygens (including phenoxy) is 1. The van der Waals surface area contributed by atoms with Crippen molar-refractivity contribution in [2.45, 2.75) is 13.8 Å². The van der Waals surface area contributed by atoms with Crippen LogP contribution in [0.2, 0.25) is 0 Å². The summed E-state index contributed by atoms with van der Waals surface area (Å²) in [6, 6.07) is 0. The minimum atomic E-state index is -3.68. The molecule has 2 N–H and O–H groups in total. The number of hydrogen-bond acceptors (Lipinski definition) is 4. The minimum Gasteiger partial charge on any atom is -0.464 e. The van der Waals surface area contributed by atoms with E-state index in [4.69, 9.17) is 9.88 Å². The Bertz CT molecular complexity index is 286. The molecule has 0 spiro atoms. The minimum absolute atomic E-state index is 0.0178. The molecular weight excluding hydrogens is 208 g/mol. The summed E-state index contributed by atoms with van der Waals surface area (Å²) < 4.78 is 27.1. The topological polar surface area (TPSA) is 89.7 Å². The van der Waals surface area contributed by atoms with E-state index in [0.717, 1.165) is 4.31 Å². The molecule has 0 bridgehead atoms. The summed E-state index contributed by atoms with van der Waals surface area (Å²) in [6.45, 7) is 3.48. The lowest BCUT2D eigenvalue weighted by atomic mass is 10.2. The average Bonchev–Trinajstić information content (AvgIpc) is 2.01. The van der Waals surface area contributed by atoms with E-state index in [0.29, 0.717) is 0 Å². The first kappa shape index (κ1) is 13.3. The maximum atomic E-state index is 11.0. The number of carbonyl (C=O) groups excluding carboxylic acids is 1. The zero-order chi connectivity index (χ0) is 11.4. The van der Waals surface area contributed by atoms with Gasteiger partial charge in [0.15, 0.2) is 0 Å². The van der Waals surface area contributed by atoms with E-state index in [-0.39, 0.29) is 25.0 Å². The Morgan fingerprint density at radius 3 is 2.36 bits per heavy atom. The second-order valence-electron chi connectivity index (χ2n) is 3.19. The van der Waals surface area contributed by atoms with Crippen LogP contribution in [-0.2, 0) is 19.7 Å². The Hall–Kier alpha value is -0.660. The van der Waals surface area contributed by atoms with Gasteiger partial charge >= 0.3 is 5.97 Å². The Kier molecular flexibility index (Phi) is 5.03. The lowest BCUT2D eigenvalue weighted by molar-refractivity contribution is -0.147. The first-order valence-corrected chi connectivity index (χ1v) is 5.66. The molecule has 0 unspecified atom stereocenters. The van der Waals surface area contributed by atoms with Gasteiger partial charge in [0.05, 0.1) is 5.92 Å². The summed E-state index contributed by atoms with van der Waals surface area (Å²) >= 11 is 0. The smallest absolute Gasteiger partial charge is 0.308 e. The molecular formula is C7H16N2O4S. The summed E-state index contributed by atoms with van der Waals surface area (Å²) in [4.78, 5) is 11.0. The van der Waals surface area contributed by atoms with E-state index in [2.05, 4.69) is 0 Å². The normalized spacial score (nSPS) is 12.1. The fourth-order valence-electron chi connectivity index (χ4n) is 0.569. The maximum absolute atomic E-state index is 11.0. The third-order valence-corrected chi connectivity index (χ3v) is 2.61. The van der Waals surface area contributed by atoms with Crippen LogP contribution in [0.5, 0.6) is 0 Å². The monoisotopic (exact) mass is 224 g/mol. The number of nitrogens with two attached hydrogens (primary N) is 1. The molecule has 7 heteroatoms. The van der Waals surface area contributed by atoms with Gasteiger partial charge in [-0.25, -0.2) is 5.14 Å². The van der Waals surface area contributed by atoms with Crippen LogP contribution in [0, 0.1) is 5.92 Å². The van der Waals surface area contributed by atoms with Gasteiger partial charge in [-0.15, -0.1) is 0 Å². The Morgan fingerprint density at radius 2 is 2.00 bits per heavy atom. The van der Waals surface area contributed by atoms with Crippen LogP contribution >= 0.6 is 0 Å². The van der Waals surface area contributed by atoms with Gasteiger partial charge in [-0.2, -0.15) is 12.7 Å². The number of carbonyl (C=O) groups is 1. The number of rotatable bonds is 5. The fraction of sp³-hybridized carbons (Fsp3) is 0.857. The van der Waals surface area contributed by atoms with Crippen molar-refractivity contribution in [3.05, 3.63) is 0 Å². The van der Waals surface area contributed by atoms with Crippen molar-refractivity contribution in [3.8, 4) is 0 Å². The zero-order valence-corrected chi connectivity index (χ0v) is 9.37. The van der Waals surface area contributed by atoms with Gasteiger partial charge in [0.1, 0.15) is 6.61 Å². The number of hydrogen-bond donors (Lipinski definition) is 1. The van der Waals surface area contributed by atoms with Crippen LogP contribution in [0.15, 0.2) is 0 Å². The van der Waals surface area contributed by atoms with Crippen molar-refractivity contribution in [1.82, 2.24) is 4.31 Å². The SMILES string of the molecule is CC(C)C(=O)OCCN(C)S(N)(=O)=O. The molecule has 0 heterocycles. The average molecular weight is 224 g/mol. The third kappa shape index (κ3) is 5.15. The molecule has 0 aromatic carbocycles. The second kappa shape index (κ2) is 5.28. The van der Waals surface area contributed by atoms with Crippen LogP contribution < -0.4 is 5.14 Å². The van der Waals surface area contributed by atoms with E-state index >= 15 is 0 Å². The molecule has 0 aliphatic heterocycles. The molecule has 0 rings (SSSR count). The van der Waals surface area contributed by atoms with Crippen LogP contribution in [0.1, 0.15) is 13.8 Å². The summed E-state index contributed by atoms with van der Waals surface area (Å²) in [5, 5.41) is 4.81. The lowest BCUT2D eigenvalue weighted by Crippen LogP contribution is -2.36. The van der Waals surface area contributed by atoms with E-state index in [9.17, 15) is 13.2 Å². The van der Waals surface area contributed by atoms with E-state index in [1.54, 1.807) is 13.8 Å². The Labute approximate surface area is 84.2 Å². The maximum Gasteiger partial charge on any atom is 0.308 e. The van der Waals surface area contributed by atoms with Gasteiger partial charge in [0.2, 0.25) is 0 Å². The van der Waals surface area contributed by atoms with Gasteiger partial charge in [-0.3, -0.25) is 4.79 Å². The van der Waals surface area contributed by atoms with Gasteiger partial charge in [-0.05, 0) is 0 Å². The molecule has 6 nitrogen and oxygen atoms in total. The molecule has 14 heavy (non-hydrogen) atoms. The van der Waals surface area contributed by atoms with Gasteiger partial charge in [0, 0.05) is 13.6 Å². The molecule has 0 saturated heterocycles. The highest BCUT2D eigenvalue weighted by Gasteiger charge is 2.13. The molecule has 0 radical (unpaired) electrons. The number of nitrogens with zero attached hydrogens (tertiary/aromatic N) is 1. The van der Waals surface area contributed by atoms with Crippen LogP contribution in [0.25, 0.3) is 0 Å². The highest BCUT2D eigenvalue weighted by Crippen LogP contribution is 1.96. The molecule has 0 amide bonds. The molecule has 0 aromatic heterocycles. The Morgan fingerprint density at radius 1 is 1.50 bits per heavy atom. The van der Waals surface area contributed by atoms with Gasteiger partial charge in [0.25, 0.3) is 10.2 Å². The molecule has 0 aliphatic rings. The van der Waals surface area contributed by atoms with Crippen molar-refractivity contribution in [3.63, 3.8) is 0 Å². The highest BCUT2D eigenvalue weighted by molar-refractivity contribution is 7.86. The first-order valence-electron chi connectivity index (χ1n) is 4.16. The molecule has 0 saturated carbocycles. The van der Waals surface area contributed by atoms with Crippen LogP contribution in [-0.4, -0.2) is 38.9 Å². The Balaban J connectivity index is 3.82. The lowest BCUT2D eigenvalue weighted by Gasteiger charge is -2.13. The molecule has 0 atom stereocenters. The number of esters is 1. The predicted octanol–water partition coefficient (Wildman–Crippen LogP) is -0.679. The molecule has 0 aromatic rings. The quantitative estimate of drug-likeness (QED) is 0.626. The molecule has 0 aliphatic carbocycles. The highest BCUT2D eigenvalue weighted by atomic mass is 32.2. The van der Waals surface area contributed by atoms with Crippen molar-refractivity contribution in [1.29, 1.82) is 0 Å². The van der Waals surface area contributed by atoms with Crippen molar-refractivity contribution >= 4 is 16.2 Å². The van der Waals surface area contributed by atoms with Gasteiger partial charge in [-0.1, -0.05) is 13.8 Å². The largest absolute Gasteiger partial charge is 0.464 e. The van der Waals surface area contributed by atoms with Crippen molar-refractivity contribution < 1.29 is 17.9 Å². The fourth-order valence-corrected chi connectivity index (χ4v) is 0.898. The molecule has 0 fully saturated rings. The second-order valence-corrected chi connectivity index (χ2v) is 4.84. The molecule has 84 valence electrons. The van der Waals surface area contributed by atoms with Gasteiger partial charge < -0.3 is 4.74 Å². The van der Waals surface area contributed by atoms with E-state index in [1.807, 2.05) is 0 Å². The van der Waals surface area contributed by atoms with E-state index < -0.39 is 10.2 Å². The summed E-state index contributed by atoms with van der Waals surface area (Å²) in [7, 11) is -2.36. The third-order valence-electron chi connectivity index (χ3n) is 1.56. The van der Waals surface area contributed by atoms with Crippen LogP contribution in [0.4, 0.5) is 0 Å². The summed E-state index contributed by atoms with van der Waals surface area (Å²) in [5.41, 5.74) is 0. The van der Waals surface area contributed by atoms with Crippen molar-refractivity contribution in [2.24, 2.45) is 11.1 Å². The zero-order valence-electron chi connectivity index (χ0n) is 8.56. The summed E-state index contributed by atoms with van der Waals surface area (Å²) in [5.74, 6) is -0.567. The van der Waals surface area contributed by atoms with Crippen LogP contribution in [0.3, 0.4) is 0 Å².